The largest absolute Gasteiger partial charge is 0.486 e. The number of carbonyl (C=O) groups excluding carboxylic acids is 1. The maximum Gasteiger partial charge on any atom is 0.225 e. The van der Waals surface area contributed by atoms with Crippen LogP contribution in [0.1, 0.15) is 42.4 Å². The second-order valence-corrected chi connectivity index (χ2v) is 7.17. The lowest BCUT2D eigenvalue weighted by Crippen LogP contribution is -2.44. The summed E-state index contributed by atoms with van der Waals surface area (Å²) in [4.78, 5) is 16.9. The van der Waals surface area contributed by atoms with E-state index in [2.05, 4.69) is 16.4 Å². The smallest absolute Gasteiger partial charge is 0.225 e. The zero-order valence-corrected chi connectivity index (χ0v) is 15.1. The molecule has 0 unspecified atom stereocenters. The second-order valence-electron chi connectivity index (χ2n) is 7.17. The fraction of sp³-hybridized carbons (Fsp3) is 0.429. The van der Waals surface area contributed by atoms with Crippen LogP contribution in [-0.2, 0) is 16.8 Å². The van der Waals surface area contributed by atoms with Crippen LogP contribution in [0.15, 0.2) is 36.7 Å². The lowest BCUT2D eigenvalue weighted by molar-refractivity contribution is -0.122. The number of nitrogens with zero attached hydrogens (tertiary/aromatic N) is 1. The second kappa shape index (κ2) is 6.98. The van der Waals surface area contributed by atoms with E-state index in [0.29, 0.717) is 19.6 Å². The molecule has 4 rings (SSSR count). The summed E-state index contributed by atoms with van der Waals surface area (Å²) in [5.41, 5.74) is 2.86. The number of carbonyl (C=O) groups is 1. The Morgan fingerprint density at radius 1 is 1.15 bits per heavy atom. The molecule has 1 aromatic heterocycles. The highest BCUT2D eigenvalue weighted by molar-refractivity contribution is 5.80. The number of rotatable bonds is 4. The normalized spacial score (nSPS) is 17.7. The number of aromatic nitrogens is 1. The first-order chi connectivity index (χ1) is 12.7. The van der Waals surface area contributed by atoms with Gasteiger partial charge in [0.15, 0.2) is 11.5 Å². The molecule has 0 atom stereocenters. The molecular formula is C21H24N2O3. The van der Waals surface area contributed by atoms with Gasteiger partial charge >= 0.3 is 0 Å². The van der Waals surface area contributed by atoms with Crippen LogP contribution in [-0.4, -0.2) is 24.1 Å². The quantitative estimate of drug-likeness (QED) is 0.917. The van der Waals surface area contributed by atoms with Gasteiger partial charge in [0.2, 0.25) is 5.91 Å². The maximum atomic E-state index is 12.8. The number of aryl methyl sites for hydroxylation is 1. The summed E-state index contributed by atoms with van der Waals surface area (Å²) < 4.78 is 11.4. The first kappa shape index (κ1) is 16.9. The van der Waals surface area contributed by atoms with Crippen molar-refractivity contribution in [3.63, 3.8) is 0 Å². The van der Waals surface area contributed by atoms with Crippen molar-refractivity contribution in [3.8, 4) is 11.5 Å². The summed E-state index contributed by atoms with van der Waals surface area (Å²) in [6, 6.07) is 7.98. The average Bonchev–Trinajstić information content (AvgIpc) is 3.13. The third-order valence-corrected chi connectivity index (χ3v) is 5.42. The molecule has 2 aliphatic rings. The Balaban J connectivity index is 1.57. The molecule has 2 aromatic rings. The lowest BCUT2D eigenvalue weighted by Gasteiger charge is -2.32. The number of nitrogens with one attached hydrogen (secondary N) is 1. The molecule has 0 radical (unpaired) electrons. The van der Waals surface area contributed by atoms with Crippen molar-refractivity contribution in [2.45, 2.75) is 44.6 Å². The predicted octanol–water partition coefficient (Wildman–Crippen LogP) is 3.29. The van der Waals surface area contributed by atoms with Gasteiger partial charge in [-0.15, -0.1) is 0 Å². The summed E-state index contributed by atoms with van der Waals surface area (Å²) in [6.45, 7) is 3.14. The van der Waals surface area contributed by atoms with Gasteiger partial charge in [0.25, 0.3) is 0 Å². The van der Waals surface area contributed by atoms with Crippen molar-refractivity contribution >= 4 is 5.91 Å². The fourth-order valence-corrected chi connectivity index (χ4v) is 3.99. The van der Waals surface area contributed by atoms with E-state index in [4.69, 9.17) is 9.47 Å². The van der Waals surface area contributed by atoms with Gasteiger partial charge in [-0.25, -0.2) is 0 Å². The Morgan fingerprint density at radius 3 is 2.69 bits per heavy atom. The molecule has 2 heterocycles. The molecule has 1 aliphatic heterocycles. The van der Waals surface area contributed by atoms with E-state index in [1.807, 2.05) is 25.1 Å². The molecule has 26 heavy (non-hydrogen) atoms. The van der Waals surface area contributed by atoms with Gasteiger partial charge in [0.1, 0.15) is 13.2 Å². The minimum absolute atomic E-state index is 0.0519. The van der Waals surface area contributed by atoms with Crippen molar-refractivity contribution in [2.75, 3.05) is 13.2 Å². The van der Waals surface area contributed by atoms with Crippen LogP contribution >= 0.6 is 0 Å². The zero-order valence-electron chi connectivity index (χ0n) is 15.1. The third kappa shape index (κ3) is 3.26. The van der Waals surface area contributed by atoms with Crippen LogP contribution in [0, 0.1) is 6.92 Å². The van der Waals surface area contributed by atoms with E-state index in [9.17, 15) is 4.79 Å². The van der Waals surface area contributed by atoms with E-state index >= 15 is 0 Å². The van der Waals surface area contributed by atoms with Crippen LogP contribution in [0.25, 0.3) is 0 Å². The van der Waals surface area contributed by atoms with Crippen LogP contribution in [0.2, 0.25) is 0 Å². The number of ether oxygens (including phenoxy) is 2. The first-order valence-corrected chi connectivity index (χ1v) is 9.27. The Hall–Kier alpha value is -2.56. The van der Waals surface area contributed by atoms with E-state index in [-0.39, 0.29) is 11.4 Å². The van der Waals surface area contributed by atoms with Gasteiger partial charge in [-0.1, -0.05) is 18.9 Å². The van der Waals surface area contributed by atoms with Crippen LogP contribution < -0.4 is 14.8 Å². The van der Waals surface area contributed by atoms with Gasteiger partial charge in [-0.2, -0.15) is 0 Å². The van der Waals surface area contributed by atoms with E-state index < -0.39 is 0 Å². The molecule has 1 aliphatic carbocycles. The van der Waals surface area contributed by atoms with Crippen molar-refractivity contribution < 1.29 is 14.3 Å². The molecule has 1 saturated carbocycles. The van der Waals surface area contributed by atoms with Crippen molar-refractivity contribution in [1.82, 2.24) is 10.3 Å². The lowest BCUT2D eigenvalue weighted by atomic mass is 9.87. The van der Waals surface area contributed by atoms with Crippen LogP contribution in [0.4, 0.5) is 0 Å². The average molecular weight is 352 g/mol. The highest BCUT2D eigenvalue weighted by atomic mass is 16.6. The number of hydrogen-bond donors (Lipinski definition) is 1. The van der Waals surface area contributed by atoms with Gasteiger partial charge in [0.05, 0.1) is 12.0 Å². The third-order valence-electron chi connectivity index (χ3n) is 5.42. The summed E-state index contributed by atoms with van der Waals surface area (Å²) in [7, 11) is 0. The van der Waals surface area contributed by atoms with Crippen LogP contribution in [0.3, 0.4) is 0 Å². The Bertz CT molecular complexity index is 813. The summed E-state index contributed by atoms with van der Waals surface area (Å²) in [5.74, 6) is 1.61. The molecular weight excluding hydrogens is 328 g/mol. The van der Waals surface area contributed by atoms with Crippen LogP contribution in [0.5, 0.6) is 11.5 Å². The number of hydrogen-bond acceptors (Lipinski definition) is 4. The van der Waals surface area contributed by atoms with Gasteiger partial charge < -0.3 is 14.8 Å². The summed E-state index contributed by atoms with van der Waals surface area (Å²) >= 11 is 0. The predicted molar refractivity (Wildman–Crippen MR) is 98.4 cm³/mol. The summed E-state index contributed by atoms with van der Waals surface area (Å²) in [6.07, 6.45) is 8.05. The van der Waals surface area contributed by atoms with Gasteiger partial charge in [0, 0.05) is 12.4 Å². The molecule has 1 aromatic carbocycles. The first-order valence-electron chi connectivity index (χ1n) is 9.27. The van der Waals surface area contributed by atoms with Crippen molar-refractivity contribution in [3.05, 3.63) is 53.3 Å². The minimum Gasteiger partial charge on any atom is -0.486 e. The number of fused-ring (bicyclic) bond motifs is 1. The molecule has 1 N–H and O–H groups in total. The van der Waals surface area contributed by atoms with E-state index in [1.54, 1.807) is 12.4 Å². The molecule has 0 saturated heterocycles. The molecule has 0 spiro atoms. The molecule has 136 valence electrons. The Morgan fingerprint density at radius 2 is 1.92 bits per heavy atom. The highest BCUT2D eigenvalue weighted by Crippen LogP contribution is 2.42. The maximum absolute atomic E-state index is 12.8. The molecule has 0 bridgehead atoms. The molecule has 5 heteroatoms. The Kier molecular flexibility index (Phi) is 4.53. The SMILES string of the molecule is Cc1cnccc1CC(=O)NC1(c2ccc3c(c2)OCCO3)CCCC1. The molecule has 1 amide bonds. The van der Waals surface area contributed by atoms with Gasteiger partial charge in [-0.3, -0.25) is 9.78 Å². The number of benzene rings is 1. The van der Waals surface area contributed by atoms with E-state index in [0.717, 1.165) is 53.9 Å². The minimum atomic E-state index is -0.312. The van der Waals surface area contributed by atoms with Gasteiger partial charge in [-0.05, 0) is 54.7 Å². The van der Waals surface area contributed by atoms with Crippen molar-refractivity contribution in [2.24, 2.45) is 0 Å². The topological polar surface area (TPSA) is 60.5 Å². The number of amides is 1. The fourth-order valence-electron chi connectivity index (χ4n) is 3.99. The Labute approximate surface area is 153 Å². The zero-order chi connectivity index (χ0) is 18.0. The van der Waals surface area contributed by atoms with E-state index in [1.165, 1.54) is 0 Å². The molecule has 5 nitrogen and oxygen atoms in total. The standard InChI is InChI=1S/C21H24N2O3/c1-15-14-22-9-6-16(15)12-20(24)23-21(7-2-3-8-21)17-4-5-18-19(13-17)26-11-10-25-18/h4-6,9,13-14H,2-3,7-8,10-12H2,1H3,(H,23,24). The molecule has 1 fully saturated rings. The number of pyridine rings is 1. The summed E-state index contributed by atoms with van der Waals surface area (Å²) in [5, 5.41) is 3.34. The monoisotopic (exact) mass is 352 g/mol. The van der Waals surface area contributed by atoms with Crippen molar-refractivity contribution in [1.29, 1.82) is 0 Å². The highest BCUT2D eigenvalue weighted by Gasteiger charge is 2.37.